The fourth-order valence-corrected chi connectivity index (χ4v) is 2.88. The molecule has 2 aromatic rings. The Morgan fingerprint density at radius 3 is 3.00 bits per heavy atom. The van der Waals surface area contributed by atoms with Crippen molar-refractivity contribution < 1.29 is 9.90 Å². The van der Waals surface area contributed by atoms with E-state index in [4.69, 9.17) is 0 Å². The number of phenols is 1. The first-order valence-electron chi connectivity index (χ1n) is 3.58. The Kier molecular flexibility index (Phi) is 2.25. The second kappa shape index (κ2) is 3.26. The molecule has 0 amide bonds. The zero-order valence-corrected chi connectivity index (χ0v) is 9.43. The molecule has 0 aliphatic rings. The van der Waals surface area contributed by atoms with E-state index in [1.807, 2.05) is 11.4 Å². The molecular weight excluding hydrogens is 299 g/mol. The summed E-state index contributed by atoms with van der Waals surface area (Å²) in [4.78, 5) is 10.7. The highest BCUT2D eigenvalue weighted by Crippen LogP contribution is 2.34. The number of hydrogen-bond acceptors (Lipinski definition) is 3. The zero-order chi connectivity index (χ0) is 9.42. The number of rotatable bonds is 1. The van der Waals surface area contributed by atoms with Crippen molar-refractivity contribution in [3.63, 3.8) is 0 Å². The van der Waals surface area contributed by atoms with Crippen LogP contribution >= 0.6 is 33.9 Å². The Balaban J connectivity index is 2.95. The van der Waals surface area contributed by atoms with Crippen LogP contribution in [0.5, 0.6) is 5.75 Å². The SMILES string of the molecule is O=Cc1cc(O)c(I)c2ccsc12. The molecule has 0 bridgehead atoms. The number of aldehydes is 1. The molecule has 4 heteroatoms. The fourth-order valence-electron chi connectivity index (χ4n) is 1.21. The number of fused-ring (bicyclic) bond motifs is 1. The Labute approximate surface area is 92.3 Å². The second-order valence-corrected chi connectivity index (χ2v) is 4.58. The molecule has 2 nitrogen and oxygen atoms in total. The van der Waals surface area contributed by atoms with E-state index in [1.54, 1.807) is 0 Å². The molecule has 2 rings (SSSR count). The number of phenolic OH excluding ortho intramolecular Hbond substituents is 1. The largest absolute Gasteiger partial charge is 0.507 e. The average molecular weight is 304 g/mol. The van der Waals surface area contributed by atoms with E-state index in [9.17, 15) is 9.90 Å². The van der Waals surface area contributed by atoms with Crippen LogP contribution in [0.2, 0.25) is 0 Å². The number of aromatic hydroxyl groups is 1. The Bertz CT molecular complexity index is 476. The quantitative estimate of drug-likeness (QED) is 0.649. The Morgan fingerprint density at radius 1 is 1.54 bits per heavy atom. The average Bonchev–Trinajstić information content (AvgIpc) is 2.60. The number of carbonyl (C=O) groups is 1. The molecule has 1 aromatic carbocycles. The van der Waals surface area contributed by atoms with Gasteiger partial charge in [0.05, 0.1) is 3.57 Å². The van der Waals surface area contributed by atoms with Crippen LogP contribution in [-0.2, 0) is 0 Å². The van der Waals surface area contributed by atoms with Crippen LogP contribution in [0, 0.1) is 3.57 Å². The van der Waals surface area contributed by atoms with Crippen LogP contribution in [0.1, 0.15) is 10.4 Å². The van der Waals surface area contributed by atoms with Crippen molar-refractivity contribution in [3.05, 3.63) is 26.6 Å². The molecule has 0 unspecified atom stereocenters. The number of halogens is 1. The first-order valence-corrected chi connectivity index (χ1v) is 5.53. The van der Waals surface area contributed by atoms with Crippen molar-refractivity contribution in [1.82, 2.24) is 0 Å². The van der Waals surface area contributed by atoms with E-state index in [0.29, 0.717) is 5.56 Å². The van der Waals surface area contributed by atoms with Crippen molar-refractivity contribution >= 4 is 50.3 Å². The lowest BCUT2D eigenvalue weighted by Crippen LogP contribution is -1.83. The maximum Gasteiger partial charge on any atom is 0.151 e. The van der Waals surface area contributed by atoms with Gasteiger partial charge in [0.25, 0.3) is 0 Å². The predicted molar refractivity (Wildman–Crippen MR) is 61.6 cm³/mol. The minimum atomic E-state index is 0.175. The fraction of sp³-hybridized carbons (Fsp3) is 0. The number of carbonyl (C=O) groups excluding carboxylic acids is 1. The van der Waals surface area contributed by atoms with Crippen LogP contribution in [0.15, 0.2) is 17.5 Å². The summed E-state index contributed by atoms with van der Waals surface area (Å²) in [5.41, 5.74) is 0.558. The third-order valence-corrected chi connectivity index (χ3v) is 3.91. The smallest absolute Gasteiger partial charge is 0.151 e. The molecule has 0 saturated heterocycles. The van der Waals surface area contributed by atoms with Crippen LogP contribution in [0.25, 0.3) is 10.1 Å². The lowest BCUT2D eigenvalue weighted by Gasteiger charge is -2.00. The lowest BCUT2D eigenvalue weighted by molar-refractivity contribution is 0.112. The summed E-state index contributed by atoms with van der Waals surface area (Å²) in [7, 11) is 0. The van der Waals surface area contributed by atoms with Crippen LogP contribution < -0.4 is 0 Å². The van der Waals surface area contributed by atoms with Gasteiger partial charge in [0, 0.05) is 15.6 Å². The molecule has 66 valence electrons. The first-order chi connectivity index (χ1) is 6.24. The van der Waals surface area contributed by atoms with E-state index in [-0.39, 0.29) is 5.75 Å². The normalized spacial score (nSPS) is 10.5. The molecule has 1 N–H and O–H groups in total. The van der Waals surface area contributed by atoms with Crippen LogP contribution in [0.3, 0.4) is 0 Å². The summed E-state index contributed by atoms with van der Waals surface area (Å²) in [5.74, 6) is 0.175. The van der Waals surface area contributed by atoms with Crippen molar-refractivity contribution in [2.24, 2.45) is 0 Å². The molecule has 0 atom stereocenters. The minimum Gasteiger partial charge on any atom is -0.507 e. The molecular formula is C9H5IO2S. The number of benzene rings is 1. The summed E-state index contributed by atoms with van der Waals surface area (Å²) < 4.78 is 1.75. The maximum atomic E-state index is 10.7. The second-order valence-electron chi connectivity index (χ2n) is 2.58. The Hall–Kier alpha value is -0.620. The molecule has 0 radical (unpaired) electrons. The van der Waals surface area contributed by atoms with E-state index in [1.165, 1.54) is 17.4 Å². The van der Waals surface area contributed by atoms with Gasteiger partial charge in [-0.15, -0.1) is 11.3 Å². The molecule has 0 aliphatic carbocycles. The topological polar surface area (TPSA) is 37.3 Å². The van der Waals surface area contributed by atoms with Crippen molar-refractivity contribution in [3.8, 4) is 5.75 Å². The van der Waals surface area contributed by atoms with Gasteiger partial charge >= 0.3 is 0 Å². The molecule has 1 aromatic heterocycles. The summed E-state index contributed by atoms with van der Waals surface area (Å²) in [6, 6.07) is 3.42. The molecule has 0 aliphatic heterocycles. The van der Waals surface area contributed by atoms with Gasteiger partial charge in [0.15, 0.2) is 6.29 Å². The summed E-state index contributed by atoms with van der Waals surface area (Å²) >= 11 is 3.59. The van der Waals surface area contributed by atoms with E-state index in [0.717, 1.165) is 19.9 Å². The maximum absolute atomic E-state index is 10.7. The molecule has 0 saturated carbocycles. The van der Waals surface area contributed by atoms with Gasteiger partial charge in [-0.25, -0.2) is 0 Å². The van der Waals surface area contributed by atoms with Gasteiger partial charge in [0.2, 0.25) is 0 Å². The summed E-state index contributed by atoms with van der Waals surface area (Å²) in [6.45, 7) is 0. The Morgan fingerprint density at radius 2 is 2.31 bits per heavy atom. The lowest BCUT2D eigenvalue weighted by atomic mass is 10.2. The van der Waals surface area contributed by atoms with Gasteiger partial charge < -0.3 is 5.11 Å². The molecule has 13 heavy (non-hydrogen) atoms. The zero-order valence-electron chi connectivity index (χ0n) is 6.45. The third-order valence-electron chi connectivity index (χ3n) is 1.81. The number of thiophene rings is 1. The van der Waals surface area contributed by atoms with Crippen molar-refractivity contribution in [1.29, 1.82) is 0 Å². The highest BCUT2D eigenvalue weighted by Gasteiger charge is 2.09. The highest BCUT2D eigenvalue weighted by atomic mass is 127. The minimum absolute atomic E-state index is 0.175. The summed E-state index contributed by atoms with van der Waals surface area (Å²) in [6.07, 6.45) is 0.772. The van der Waals surface area contributed by atoms with Crippen LogP contribution in [-0.4, -0.2) is 11.4 Å². The number of hydrogen-bond donors (Lipinski definition) is 1. The monoisotopic (exact) mass is 304 g/mol. The van der Waals surface area contributed by atoms with Gasteiger partial charge in [-0.1, -0.05) is 0 Å². The molecule has 0 spiro atoms. The predicted octanol–water partition coefficient (Wildman–Crippen LogP) is 3.02. The van der Waals surface area contributed by atoms with Gasteiger partial charge in [0.1, 0.15) is 5.75 Å². The van der Waals surface area contributed by atoms with Gasteiger partial charge in [-0.05, 0) is 40.1 Å². The van der Waals surface area contributed by atoms with E-state index < -0.39 is 0 Å². The van der Waals surface area contributed by atoms with Gasteiger partial charge in [-0.2, -0.15) is 0 Å². The molecule has 1 heterocycles. The standard InChI is InChI=1S/C9H5IO2S/c10-8-6-1-2-13-9(6)5(4-11)3-7(8)12/h1-4,12H. The van der Waals surface area contributed by atoms with Crippen molar-refractivity contribution in [2.75, 3.05) is 0 Å². The third kappa shape index (κ3) is 1.34. The highest BCUT2D eigenvalue weighted by molar-refractivity contribution is 14.1. The van der Waals surface area contributed by atoms with E-state index >= 15 is 0 Å². The summed E-state index contributed by atoms with van der Waals surface area (Å²) in [5, 5.41) is 12.4. The first kappa shape index (κ1) is 8.96. The van der Waals surface area contributed by atoms with E-state index in [2.05, 4.69) is 22.6 Å². The van der Waals surface area contributed by atoms with Crippen LogP contribution in [0.4, 0.5) is 0 Å². The van der Waals surface area contributed by atoms with Crippen molar-refractivity contribution in [2.45, 2.75) is 0 Å². The van der Waals surface area contributed by atoms with Gasteiger partial charge in [-0.3, -0.25) is 4.79 Å². The molecule has 0 fully saturated rings.